The van der Waals surface area contributed by atoms with Gasteiger partial charge in [-0.05, 0) is 60.7 Å². The zero-order valence-corrected chi connectivity index (χ0v) is 23.9. The van der Waals surface area contributed by atoms with Gasteiger partial charge < -0.3 is 13.4 Å². The number of nitrogens with zero attached hydrogens (tertiary/aromatic N) is 3. The van der Waals surface area contributed by atoms with Crippen LogP contribution in [-0.4, -0.2) is 14.5 Å². The van der Waals surface area contributed by atoms with Crippen LogP contribution in [0.1, 0.15) is 0 Å². The molecule has 10 rings (SSSR count). The van der Waals surface area contributed by atoms with Crippen molar-refractivity contribution in [3.05, 3.63) is 140 Å². The Morgan fingerprint density at radius 2 is 1.11 bits per heavy atom. The molecule has 0 fully saturated rings. The molecule has 0 N–H and O–H groups in total. The molecular formula is C40H23N3O2. The van der Waals surface area contributed by atoms with Crippen molar-refractivity contribution in [3.63, 3.8) is 0 Å². The summed E-state index contributed by atoms with van der Waals surface area (Å²) < 4.78 is 15.1. The summed E-state index contributed by atoms with van der Waals surface area (Å²) in [5, 5.41) is 5.52. The van der Waals surface area contributed by atoms with E-state index in [2.05, 4.69) is 95.6 Å². The van der Waals surface area contributed by atoms with Crippen LogP contribution in [0.2, 0.25) is 0 Å². The lowest BCUT2D eigenvalue weighted by atomic mass is 10.1. The number of hydrogen-bond donors (Lipinski definition) is 0. The van der Waals surface area contributed by atoms with Gasteiger partial charge in [-0.2, -0.15) is 0 Å². The molecule has 4 aromatic heterocycles. The summed E-state index contributed by atoms with van der Waals surface area (Å²) in [5.74, 6) is 0.658. The van der Waals surface area contributed by atoms with Crippen molar-refractivity contribution < 1.29 is 8.83 Å². The SMILES string of the molecule is c1ccc(-c2nc(-c3ccc(-n4c5ccccc5c5c6oc7ccccc7c6ccc54)cc3)nc3c2oc2ccccc23)cc1. The quantitative estimate of drug-likeness (QED) is 0.210. The molecule has 0 unspecified atom stereocenters. The molecule has 0 bridgehead atoms. The van der Waals surface area contributed by atoms with Crippen molar-refractivity contribution in [2.45, 2.75) is 0 Å². The Balaban J connectivity index is 1.17. The van der Waals surface area contributed by atoms with Crippen molar-refractivity contribution >= 4 is 65.8 Å². The van der Waals surface area contributed by atoms with Crippen LogP contribution >= 0.6 is 0 Å². The molecule has 0 aliphatic heterocycles. The molecule has 10 aromatic rings. The van der Waals surface area contributed by atoms with Gasteiger partial charge in [0.05, 0.1) is 16.4 Å². The topological polar surface area (TPSA) is 57.0 Å². The van der Waals surface area contributed by atoms with Crippen LogP contribution in [-0.2, 0) is 0 Å². The highest BCUT2D eigenvalue weighted by molar-refractivity contribution is 6.23. The van der Waals surface area contributed by atoms with E-state index in [1.807, 2.05) is 48.5 Å². The third-order valence-corrected chi connectivity index (χ3v) is 8.83. The molecule has 0 saturated heterocycles. The molecule has 210 valence electrons. The van der Waals surface area contributed by atoms with Crippen LogP contribution in [0.4, 0.5) is 0 Å². The van der Waals surface area contributed by atoms with Gasteiger partial charge in [0.25, 0.3) is 0 Å². The normalized spacial score (nSPS) is 12.0. The minimum Gasteiger partial charge on any atom is -0.455 e. The van der Waals surface area contributed by atoms with Crippen molar-refractivity contribution in [1.82, 2.24) is 14.5 Å². The van der Waals surface area contributed by atoms with Crippen molar-refractivity contribution in [1.29, 1.82) is 0 Å². The molecule has 0 saturated carbocycles. The molecule has 0 aliphatic rings. The van der Waals surface area contributed by atoms with E-state index >= 15 is 0 Å². The van der Waals surface area contributed by atoms with E-state index in [-0.39, 0.29) is 0 Å². The van der Waals surface area contributed by atoms with Gasteiger partial charge in [0.2, 0.25) is 0 Å². The molecule has 5 heteroatoms. The molecular weight excluding hydrogens is 554 g/mol. The predicted octanol–water partition coefficient (Wildman–Crippen LogP) is 10.7. The largest absolute Gasteiger partial charge is 0.455 e. The molecule has 5 nitrogen and oxygen atoms in total. The van der Waals surface area contributed by atoms with Crippen LogP contribution in [0.15, 0.2) is 148 Å². The van der Waals surface area contributed by atoms with E-state index in [0.717, 1.165) is 82.7 Å². The van der Waals surface area contributed by atoms with Crippen LogP contribution in [0.3, 0.4) is 0 Å². The number of fused-ring (bicyclic) bond motifs is 10. The lowest BCUT2D eigenvalue weighted by Crippen LogP contribution is -1.96. The highest BCUT2D eigenvalue weighted by Crippen LogP contribution is 2.41. The average Bonchev–Trinajstić information content (AvgIpc) is 3.78. The number of furan rings is 2. The van der Waals surface area contributed by atoms with Gasteiger partial charge in [-0.25, -0.2) is 9.97 Å². The van der Waals surface area contributed by atoms with E-state index in [1.54, 1.807) is 0 Å². The van der Waals surface area contributed by atoms with Crippen LogP contribution in [0.25, 0.3) is 94.1 Å². The molecule has 6 aromatic carbocycles. The van der Waals surface area contributed by atoms with E-state index in [4.69, 9.17) is 18.8 Å². The first kappa shape index (κ1) is 24.3. The second-order valence-electron chi connectivity index (χ2n) is 11.4. The van der Waals surface area contributed by atoms with Crippen molar-refractivity contribution in [2.75, 3.05) is 0 Å². The third-order valence-electron chi connectivity index (χ3n) is 8.83. The van der Waals surface area contributed by atoms with E-state index in [9.17, 15) is 0 Å². The highest BCUT2D eigenvalue weighted by Gasteiger charge is 2.20. The summed E-state index contributed by atoms with van der Waals surface area (Å²) >= 11 is 0. The van der Waals surface area contributed by atoms with E-state index < -0.39 is 0 Å². The number of hydrogen-bond acceptors (Lipinski definition) is 4. The Kier molecular flexibility index (Phi) is 4.93. The summed E-state index contributed by atoms with van der Waals surface area (Å²) in [5.41, 5.74) is 10.1. The van der Waals surface area contributed by atoms with Crippen LogP contribution in [0.5, 0.6) is 0 Å². The predicted molar refractivity (Wildman–Crippen MR) is 182 cm³/mol. The Morgan fingerprint density at radius 1 is 0.444 bits per heavy atom. The minimum absolute atomic E-state index is 0.658. The standard InChI is InChI=1S/C40H23N3O2/c1-2-10-24(11-3-1)36-39-37(30-14-6-9-17-34(30)45-39)42-40(41-36)25-18-20-26(21-19-25)43-31-15-7-4-13-29(31)35-32(43)23-22-28-27-12-5-8-16-33(27)44-38(28)35/h1-23H. The lowest BCUT2D eigenvalue weighted by molar-refractivity contribution is 0.667. The van der Waals surface area contributed by atoms with Gasteiger partial charge in [-0.3, -0.25) is 0 Å². The number of rotatable bonds is 3. The Labute approximate surface area is 256 Å². The lowest BCUT2D eigenvalue weighted by Gasteiger charge is -2.10. The summed E-state index contributed by atoms with van der Waals surface area (Å²) in [4.78, 5) is 10.1. The van der Waals surface area contributed by atoms with Gasteiger partial charge in [0.15, 0.2) is 11.4 Å². The number of benzene rings is 6. The summed E-state index contributed by atoms with van der Waals surface area (Å²) in [6, 6.07) is 47.8. The van der Waals surface area contributed by atoms with Gasteiger partial charge >= 0.3 is 0 Å². The minimum atomic E-state index is 0.658. The smallest absolute Gasteiger partial charge is 0.180 e. The molecule has 0 aliphatic carbocycles. The molecule has 4 heterocycles. The zero-order valence-electron chi connectivity index (χ0n) is 23.9. The fourth-order valence-corrected chi connectivity index (χ4v) is 6.78. The molecule has 0 spiro atoms. The van der Waals surface area contributed by atoms with E-state index in [1.165, 1.54) is 0 Å². The van der Waals surface area contributed by atoms with Crippen LogP contribution < -0.4 is 0 Å². The summed E-state index contributed by atoms with van der Waals surface area (Å²) in [7, 11) is 0. The maximum Gasteiger partial charge on any atom is 0.180 e. The van der Waals surface area contributed by atoms with Gasteiger partial charge in [0, 0.05) is 38.4 Å². The third kappa shape index (κ3) is 3.49. The Morgan fingerprint density at radius 3 is 1.93 bits per heavy atom. The summed E-state index contributed by atoms with van der Waals surface area (Å²) in [6.07, 6.45) is 0. The molecule has 0 radical (unpaired) electrons. The van der Waals surface area contributed by atoms with Crippen molar-refractivity contribution in [2.24, 2.45) is 0 Å². The summed E-state index contributed by atoms with van der Waals surface area (Å²) in [6.45, 7) is 0. The fraction of sp³-hybridized carbons (Fsp3) is 0. The van der Waals surface area contributed by atoms with Gasteiger partial charge in [-0.1, -0.05) is 78.9 Å². The molecule has 0 amide bonds. The second kappa shape index (κ2) is 9.15. The average molecular weight is 578 g/mol. The number of aromatic nitrogens is 3. The first-order chi connectivity index (χ1) is 22.3. The highest BCUT2D eigenvalue weighted by atomic mass is 16.3. The van der Waals surface area contributed by atoms with Crippen molar-refractivity contribution in [3.8, 4) is 28.3 Å². The zero-order chi connectivity index (χ0) is 29.5. The molecule has 0 atom stereocenters. The first-order valence-corrected chi connectivity index (χ1v) is 15.0. The molecule has 45 heavy (non-hydrogen) atoms. The number of para-hydroxylation sites is 3. The van der Waals surface area contributed by atoms with Gasteiger partial charge in [0.1, 0.15) is 28.0 Å². The monoisotopic (exact) mass is 577 g/mol. The Bertz CT molecular complexity index is 2750. The second-order valence-corrected chi connectivity index (χ2v) is 11.4. The maximum absolute atomic E-state index is 6.47. The maximum atomic E-state index is 6.47. The first-order valence-electron chi connectivity index (χ1n) is 15.0. The van der Waals surface area contributed by atoms with E-state index in [0.29, 0.717) is 11.4 Å². The van der Waals surface area contributed by atoms with Crippen LogP contribution in [0, 0.1) is 0 Å². The Hall–Kier alpha value is -6.20. The van der Waals surface area contributed by atoms with Gasteiger partial charge in [-0.15, -0.1) is 0 Å². The fourth-order valence-electron chi connectivity index (χ4n) is 6.78.